The van der Waals surface area contributed by atoms with E-state index in [9.17, 15) is 10.1 Å². The van der Waals surface area contributed by atoms with Crippen molar-refractivity contribution in [2.75, 3.05) is 0 Å². The minimum Gasteiger partial charge on any atom is -0.422 e. The first-order valence-corrected chi connectivity index (χ1v) is 10.2. The van der Waals surface area contributed by atoms with Crippen LogP contribution in [0, 0.1) is 11.3 Å². The molecule has 0 saturated carbocycles. The molecule has 2 aromatic heterocycles. The lowest BCUT2D eigenvalue weighted by molar-refractivity contribution is 0.563. The summed E-state index contributed by atoms with van der Waals surface area (Å²) in [6.07, 6.45) is 1.74. The third-order valence-corrected chi connectivity index (χ3v) is 5.63. The first-order chi connectivity index (χ1) is 13.5. The van der Waals surface area contributed by atoms with E-state index in [0.717, 1.165) is 15.4 Å². The Labute approximate surface area is 177 Å². The second-order valence-electron chi connectivity index (χ2n) is 5.89. The number of rotatable bonds is 3. The minimum absolute atomic E-state index is 0.358. The Morgan fingerprint density at radius 1 is 1.21 bits per heavy atom. The molecule has 0 unspecified atom stereocenters. The lowest BCUT2D eigenvalue weighted by Crippen LogP contribution is -2.02. The van der Waals surface area contributed by atoms with Gasteiger partial charge >= 0.3 is 5.63 Å². The number of benzene rings is 2. The van der Waals surface area contributed by atoms with Crippen LogP contribution in [0.4, 0.5) is 0 Å². The van der Waals surface area contributed by atoms with Gasteiger partial charge in [0.1, 0.15) is 16.7 Å². The van der Waals surface area contributed by atoms with Gasteiger partial charge in [-0.25, -0.2) is 9.78 Å². The molecule has 0 amide bonds. The summed E-state index contributed by atoms with van der Waals surface area (Å²) in [5.74, 6) is 0. The van der Waals surface area contributed by atoms with Gasteiger partial charge < -0.3 is 4.42 Å². The summed E-state index contributed by atoms with van der Waals surface area (Å²) in [5, 5.41) is 13.2. The summed E-state index contributed by atoms with van der Waals surface area (Å²) in [7, 11) is 0. The molecule has 0 bridgehead atoms. The van der Waals surface area contributed by atoms with Crippen LogP contribution < -0.4 is 5.63 Å². The first kappa shape index (κ1) is 18.6. The summed E-state index contributed by atoms with van der Waals surface area (Å²) in [4.78, 5) is 16.9. The van der Waals surface area contributed by atoms with E-state index in [-0.39, 0.29) is 0 Å². The number of fused-ring (bicyclic) bond motifs is 1. The zero-order valence-electron chi connectivity index (χ0n) is 14.1. The highest BCUT2D eigenvalue weighted by atomic mass is 79.9. The summed E-state index contributed by atoms with van der Waals surface area (Å²) in [5.41, 5.74) is 2.13. The molecule has 0 spiro atoms. The molecule has 2 aromatic carbocycles. The number of thiazole rings is 1. The topological polar surface area (TPSA) is 66.9 Å². The smallest absolute Gasteiger partial charge is 0.345 e. The molecule has 0 aliphatic heterocycles. The molecule has 0 atom stereocenters. The second-order valence-corrected chi connectivity index (χ2v) is 8.10. The van der Waals surface area contributed by atoms with Gasteiger partial charge in [-0.1, -0.05) is 39.7 Å². The third-order valence-electron chi connectivity index (χ3n) is 4.01. The van der Waals surface area contributed by atoms with Crippen molar-refractivity contribution in [3.63, 3.8) is 0 Å². The van der Waals surface area contributed by atoms with Crippen LogP contribution in [0.15, 0.2) is 67.6 Å². The zero-order valence-corrected chi connectivity index (χ0v) is 17.3. The summed E-state index contributed by atoms with van der Waals surface area (Å²) < 4.78 is 6.29. The normalized spacial score (nSPS) is 11.5. The maximum atomic E-state index is 12.4. The number of nitrogens with zero attached hydrogens (tertiary/aromatic N) is 2. The van der Waals surface area contributed by atoms with Crippen molar-refractivity contribution in [3.8, 4) is 17.3 Å². The van der Waals surface area contributed by atoms with Crippen LogP contribution in [-0.2, 0) is 0 Å². The Balaban J connectivity index is 1.75. The van der Waals surface area contributed by atoms with Crippen molar-refractivity contribution >= 4 is 61.5 Å². The lowest BCUT2D eigenvalue weighted by Gasteiger charge is -2.00. The molecule has 0 N–H and O–H groups in total. The number of aromatic nitrogens is 1. The molecular formula is C21H10BrClN2O2S. The van der Waals surface area contributed by atoms with E-state index in [2.05, 4.69) is 27.0 Å². The molecule has 136 valence electrons. The van der Waals surface area contributed by atoms with Crippen molar-refractivity contribution in [1.29, 1.82) is 5.26 Å². The number of halogens is 2. The van der Waals surface area contributed by atoms with Crippen LogP contribution in [0.1, 0.15) is 10.6 Å². The van der Waals surface area contributed by atoms with Gasteiger partial charge in [0.05, 0.1) is 16.8 Å². The van der Waals surface area contributed by atoms with E-state index in [0.29, 0.717) is 32.4 Å². The van der Waals surface area contributed by atoms with Gasteiger partial charge in [0.25, 0.3) is 0 Å². The third kappa shape index (κ3) is 3.78. The van der Waals surface area contributed by atoms with Crippen LogP contribution in [0.3, 0.4) is 0 Å². The second kappa shape index (κ2) is 7.72. The fraction of sp³-hybridized carbons (Fsp3) is 0. The molecule has 28 heavy (non-hydrogen) atoms. The Morgan fingerprint density at radius 3 is 2.75 bits per heavy atom. The van der Waals surface area contributed by atoms with Crippen molar-refractivity contribution in [2.45, 2.75) is 0 Å². The van der Waals surface area contributed by atoms with Crippen LogP contribution in [-0.4, -0.2) is 4.98 Å². The van der Waals surface area contributed by atoms with Crippen LogP contribution in [0.2, 0.25) is 5.02 Å². The number of nitriles is 1. The Morgan fingerprint density at radius 2 is 2.00 bits per heavy atom. The highest BCUT2D eigenvalue weighted by molar-refractivity contribution is 9.10. The van der Waals surface area contributed by atoms with Crippen molar-refractivity contribution < 1.29 is 4.42 Å². The summed E-state index contributed by atoms with van der Waals surface area (Å²) in [6, 6.07) is 16.5. The van der Waals surface area contributed by atoms with Crippen molar-refractivity contribution in [2.24, 2.45) is 0 Å². The summed E-state index contributed by atoms with van der Waals surface area (Å²) in [6.45, 7) is 0. The number of allylic oxidation sites excluding steroid dienone is 1. The quantitative estimate of drug-likeness (QED) is 0.257. The van der Waals surface area contributed by atoms with E-state index < -0.39 is 5.63 Å². The fourth-order valence-corrected chi connectivity index (χ4v) is 3.95. The van der Waals surface area contributed by atoms with Crippen LogP contribution in [0.25, 0.3) is 33.9 Å². The fourth-order valence-electron chi connectivity index (χ4n) is 2.66. The molecule has 0 saturated heterocycles. The summed E-state index contributed by atoms with van der Waals surface area (Å²) >= 11 is 10.6. The van der Waals surface area contributed by atoms with Crippen LogP contribution in [0.5, 0.6) is 0 Å². The molecule has 4 aromatic rings. The van der Waals surface area contributed by atoms with Gasteiger partial charge in [0.2, 0.25) is 0 Å². The average molecular weight is 470 g/mol. The molecule has 0 aliphatic rings. The minimum atomic E-state index is -0.466. The monoisotopic (exact) mass is 468 g/mol. The standard InChI is InChI=1S/C21H10BrClN2O2S/c22-15-3-6-19-13(8-15)9-17(21(26)27-19)18-11-28-20(25-18)14(10-24)7-12-1-4-16(23)5-2-12/h1-9,11H/b14-7+. The van der Waals surface area contributed by atoms with Gasteiger partial charge in [-0.05, 0) is 48.0 Å². The lowest BCUT2D eigenvalue weighted by atomic mass is 10.1. The molecule has 2 heterocycles. The van der Waals surface area contributed by atoms with Crippen molar-refractivity contribution in [1.82, 2.24) is 4.98 Å². The molecule has 0 aliphatic carbocycles. The molecule has 0 radical (unpaired) electrons. The zero-order chi connectivity index (χ0) is 19.7. The number of hydrogen-bond donors (Lipinski definition) is 0. The predicted molar refractivity (Wildman–Crippen MR) is 116 cm³/mol. The van der Waals surface area contributed by atoms with Gasteiger partial charge in [-0.2, -0.15) is 5.26 Å². The largest absolute Gasteiger partial charge is 0.422 e. The Kier molecular flexibility index (Phi) is 5.14. The Bertz CT molecular complexity index is 1320. The average Bonchev–Trinajstić information content (AvgIpc) is 3.17. The van der Waals surface area contributed by atoms with E-state index in [4.69, 9.17) is 16.0 Å². The molecule has 7 heteroatoms. The van der Waals surface area contributed by atoms with E-state index in [1.165, 1.54) is 11.3 Å². The Hall–Kier alpha value is -2.72. The highest BCUT2D eigenvalue weighted by Gasteiger charge is 2.14. The van der Waals surface area contributed by atoms with Gasteiger partial charge in [0, 0.05) is 20.3 Å². The predicted octanol–water partition coefficient (Wildman–Crippen LogP) is 6.40. The molecule has 4 rings (SSSR count). The first-order valence-electron chi connectivity index (χ1n) is 8.10. The van der Waals surface area contributed by atoms with E-state index in [1.807, 2.05) is 24.3 Å². The van der Waals surface area contributed by atoms with E-state index >= 15 is 0 Å². The van der Waals surface area contributed by atoms with Gasteiger partial charge in [0.15, 0.2) is 0 Å². The maximum Gasteiger partial charge on any atom is 0.345 e. The van der Waals surface area contributed by atoms with E-state index in [1.54, 1.807) is 35.7 Å². The van der Waals surface area contributed by atoms with Gasteiger partial charge in [-0.15, -0.1) is 11.3 Å². The number of hydrogen-bond acceptors (Lipinski definition) is 5. The van der Waals surface area contributed by atoms with Crippen LogP contribution >= 0.6 is 38.9 Å². The van der Waals surface area contributed by atoms with Gasteiger partial charge in [-0.3, -0.25) is 0 Å². The maximum absolute atomic E-state index is 12.4. The molecular weight excluding hydrogens is 460 g/mol. The SMILES string of the molecule is N#C/C(=C\c1ccc(Cl)cc1)c1nc(-c2cc3cc(Br)ccc3oc2=O)cs1. The molecule has 4 nitrogen and oxygen atoms in total. The highest BCUT2D eigenvalue weighted by Crippen LogP contribution is 2.28. The van der Waals surface area contributed by atoms with Crippen molar-refractivity contribution in [3.05, 3.63) is 84.4 Å². The molecule has 0 fully saturated rings.